The largest absolute Gasteiger partial charge is 0.347 e. The summed E-state index contributed by atoms with van der Waals surface area (Å²) in [5.74, 6) is -0.885. The monoisotopic (exact) mass is 309 g/mol. The summed E-state index contributed by atoms with van der Waals surface area (Å²) in [6.07, 6.45) is 0.0447. The maximum absolute atomic E-state index is 13.0. The van der Waals surface area contributed by atoms with E-state index in [1.165, 1.54) is 12.1 Å². The Labute approximate surface area is 130 Å². The van der Waals surface area contributed by atoms with E-state index in [9.17, 15) is 14.0 Å². The van der Waals surface area contributed by atoms with Gasteiger partial charge in [-0.1, -0.05) is 26.0 Å². The van der Waals surface area contributed by atoms with Crippen molar-refractivity contribution in [3.8, 4) is 0 Å². The topological polar surface area (TPSA) is 75.4 Å². The molecule has 0 fully saturated rings. The van der Waals surface area contributed by atoms with Gasteiger partial charge in [-0.25, -0.2) is 4.39 Å². The molecule has 122 valence electrons. The van der Waals surface area contributed by atoms with Crippen molar-refractivity contribution in [1.82, 2.24) is 10.2 Å². The Morgan fingerprint density at radius 3 is 2.64 bits per heavy atom. The minimum Gasteiger partial charge on any atom is -0.347 e. The molecule has 0 radical (unpaired) electrons. The SMILES string of the molecule is CN(CC(C)(C)CN)C(=O)CNC(=O)Cc1cccc(F)c1. The molecule has 0 aromatic heterocycles. The van der Waals surface area contributed by atoms with Crippen molar-refractivity contribution in [2.24, 2.45) is 11.1 Å². The minimum absolute atomic E-state index is 0.0447. The van der Waals surface area contributed by atoms with Crippen LogP contribution in [0.25, 0.3) is 0 Å². The lowest BCUT2D eigenvalue weighted by Crippen LogP contribution is -2.44. The molecule has 0 saturated heterocycles. The second-order valence-electron chi connectivity index (χ2n) is 6.20. The third-order valence-electron chi connectivity index (χ3n) is 3.33. The highest BCUT2D eigenvalue weighted by atomic mass is 19.1. The van der Waals surface area contributed by atoms with Gasteiger partial charge < -0.3 is 16.0 Å². The van der Waals surface area contributed by atoms with E-state index in [-0.39, 0.29) is 36.0 Å². The maximum atomic E-state index is 13.0. The van der Waals surface area contributed by atoms with Crippen LogP contribution in [0.1, 0.15) is 19.4 Å². The second kappa shape index (κ2) is 7.89. The van der Waals surface area contributed by atoms with Crippen LogP contribution in [0.2, 0.25) is 0 Å². The Balaban J connectivity index is 2.42. The first-order valence-corrected chi connectivity index (χ1v) is 7.19. The molecule has 1 rings (SSSR count). The van der Waals surface area contributed by atoms with Gasteiger partial charge in [0.1, 0.15) is 5.82 Å². The van der Waals surface area contributed by atoms with Gasteiger partial charge in [0, 0.05) is 13.6 Å². The van der Waals surface area contributed by atoms with E-state index in [1.54, 1.807) is 24.1 Å². The van der Waals surface area contributed by atoms with Gasteiger partial charge in [0.25, 0.3) is 0 Å². The number of likely N-dealkylation sites (N-methyl/N-ethyl adjacent to an activating group) is 1. The van der Waals surface area contributed by atoms with E-state index >= 15 is 0 Å². The van der Waals surface area contributed by atoms with Crippen LogP contribution in [0.15, 0.2) is 24.3 Å². The van der Waals surface area contributed by atoms with Gasteiger partial charge in [-0.3, -0.25) is 9.59 Å². The lowest BCUT2D eigenvalue weighted by molar-refractivity contribution is -0.132. The van der Waals surface area contributed by atoms with Crippen LogP contribution in [0, 0.1) is 11.2 Å². The van der Waals surface area contributed by atoms with Crippen LogP contribution in [0.4, 0.5) is 4.39 Å². The van der Waals surface area contributed by atoms with Crippen LogP contribution in [-0.2, 0) is 16.0 Å². The lowest BCUT2D eigenvalue weighted by Gasteiger charge is -2.29. The summed E-state index contributed by atoms with van der Waals surface area (Å²) in [4.78, 5) is 25.3. The van der Waals surface area contributed by atoms with Crippen LogP contribution >= 0.6 is 0 Å². The quantitative estimate of drug-likeness (QED) is 0.787. The van der Waals surface area contributed by atoms with E-state index in [2.05, 4.69) is 5.32 Å². The normalized spacial score (nSPS) is 11.1. The molecule has 0 unspecified atom stereocenters. The molecule has 1 aromatic rings. The highest BCUT2D eigenvalue weighted by molar-refractivity contribution is 5.85. The van der Waals surface area contributed by atoms with Gasteiger partial charge in [0.15, 0.2) is 0 Å². The van der Waals surface area contributed by atoms with E-state index in [0.717, 1.165) is 0 Å². The number of rotatable bonds is 7. The molecule has 0 heterocycles. The Morgan fingerprint density at radius 1 is 1.36 bits per heavy atom. The third kappa shape index (κ3) is 6.22. The van der Waals surface area contributed by atoms with Crippen molar-refractivity contribution in [2.45, 2.75) is 20.3 Å². The van der Waals surface area contributed by atoms with E-state index in [0.29, 0.717) is 18.7 Å². The summed E-state index contributed by atoms with van der Waals surface area (Å²) in [6, 6.07) is 5.84. The standard InChI is InChI=1S/C16H24FN3O2/c1-16(2,10-18)11-20(3)15(22)9-19-14(21)8-12-5-4-6-13(17)7-12/h4-7H,8-11,18H2,1-3H3,(H,19,21). The summed E-state index contributed by atoms with van der Waals surface area (Å²) in [6.45, 7) is 4.85. The molecular weight excluding hydrogens is 285 g/mol. The van der Waals surface area contributed by atoms with E-state index in [4.69, 9.17) is 5.73 Å². The van der Waals surface area contributed by atoms with Crippen LogP contribution in [0.3, 0.4) is 0 Å². The Bertz CT molecular complexity index is 532. The summed E-state index contributed by atoms with van der Waals surface area (Å²) < 4.78 is 13.0. The number of benzene rings is 1. The third-order valence-corrected chi connectivity index (χ3v) is 3.33. The molecule has 0 aliphatic heterocycles. The fourth-order valence-electron chi connectivity index (χ4n) is 2.00. The Hall–Kier alpha value is -1.95. The van der Waals surface area contributed by atoms with Crippen molar-refractivity contribution in [3.63, 3.8) is 0 Å². The Morgan fingerprint density at radius 2 is 2.05 bits per heavy atom. The average molecular weight is 309 g/mol. The number of carbonyl (C=O) groups excluding carboxylic acids is 2. The molecule has 5 nitrogen and oxygen atoms in total. The molecule has 0 aliphatic rings. The van der Waals surface area contributed by atoms with Gasteiger partial charge in [0.2, 0.25) is 11.8 Å². The van der Waals surface area contributed by atoms with Crippen molar-refractivity contribution in [3.05, 3.63) is 35.6 Å². The number of nitrogens with zero attached hydrogens (tertiary/aromatic N) is 1. The summed E-state index contributed by atoms with van der Waals surface area (Å²) >= 11 is 0. The molecule has 0 saturated carbocycles. The average Bonchev–Trinajstić information content (AvgIpc) is 2.44. The molecule has 3 N–H and O–H groups in total. The molecule has 0 spiro atoms. The number of hydrogen-bond acceptors (Lipinski definition) is 3. The fourth-order valence-corrected chi connectivity index (χ4v) is 2.00. The highest BCUT2D eigenvalue weighted by Gasteiger charge is 2.21. The predicted octanol–water partition coefficient (Wildman–Crippen LogP) is 0.928. The Kier molecular flexibility index (Phi) is 6.49. The van der Waals surface area contributed by atoms with Crippen molar-refractivity contribution in [2.75, 3.05) is 26.7 Å². The molecule has 0 atom stereocenters. The molecule has 22 heavy (non-hydrogen) atoms. The van der Waals surface area contributed by atoms with E-state index < -0.39 is 0 Å². The maximum Gasteiger partial charge on any atom is 0.241 e. The number of halogens is 1. The fraction of sp³-hybridized carbons (Fsp3) is 0.500. The summed E-state index contributed by atoms with van der Waals surface area (Å²) in [5, 5.41) is 2.55. The first kappa shape index (κ1) is 18.1. The van der Waals surface area contributed by atoms with Gasteiger partial charge in [0.05, 0.1) is 13.0 Å². The molecule has 2 amide bonds. The van der Waals surface area contributed by atoms with Gasteiger partial charge in [-0.05, 0) is 29.7 Å². The first-order chi connectivity index (χ1) is 10.2. The zero-order chi connectivity index (χ0) is 16.8. The van der Waals surface area contributed by atoms with E-state index in [1.807, 2.05) is 13.8 Å². The number of nitrogens with two attached hydrogens (primary N) is 1. The number of amides is 2. The smallest absolute Gasteiger partial charge is 0.241 e. The predicted molar refractivity (Wildman–Crippen MR) is 83.6 cm³/mol. The molecule has 0 aliphatic carbocycles. The van der Waals surface area contributed by atoms with Crippen LogP contribution in [-0.4, -0.2) is 43.4 Å². The van der Waals surface area contributed by atoms with Crippen LogP contribution in [0.5, 0.6) is 0 Å². The second-order valence-corrected chi connectivity index (χ2v) is 6.20. The molecule has 6 heteroatoms. The van der Waals surface area contributed by atoms with Crippen molar-refractivity contribution in [1.29, 1.82) is 0 Å². The molecular formula is C16H24FN3O2. The van der Waals surface area contributed by atoms with Crippen LogP contribution < -0.4 is 11.1 Å². The van der Waals surface area contributed by atoms with Crippen molar-refractivity contribution < 1.29 is 14.0 Å². The zero-order valence-corrected chi connectivity index (χ0v) is 13.4. The molecule has 1 aromatic carbocycles. The lowest BCUT2D eigenvalue weighted by atomic mass is 9.93. The van der Waals surface area contributed by atoms with Gasteiger partial charge in [-0.15, -0.1) is 0 Å². The highest BCUT2D eigenvalue weighted by Crippen LogP contribution is 2.13. The first-order valence-electron chi connectivity index (χ1n) is 7.19. The number of nitrogens with one attached hydrogen (secondary N) is 1. The minimum atomic E-state index is -0.384. The zero-order valence-electron chi connectivity index (χ0n) is 13.4. The summed E-state index contributed by atoms with van der Waals surface area (Å²) in [7, 11) is 1.68. The van der Waals surface area contributed by atoms with Gasteiger partial charge >= 0.3 is 0 Å². The molecule has 0 bridgehead atoms. The summed E-state index contributed by atoms with van der Waals surface area (Å²) in [5.41, 5.74) is 6.04. The van der Waals surface area contributed by atoms with Gasteiger partial charge in [-0.2, -0.15) is 0 Å². The number of hydrogen-bond donors (Lipinski definition) is 2. The van der Waals surface area contributed by atoms with Crippen molar-refractivity contribution >= 4 is 11.8 Å². The number of carbonyl (C=O) groups is 2.